The molecule has 2 atom stereocenters. The number of hydrogen-bond acceptors (Lipinski definition) is 3. The molecule has 1 aliphatic heterocycles. The lowest BCUT2D eigenvalue weighted by molar-refractivity contribution is -0.143. The molecule has 0 saturated carbocycles. The van der Waals surface area contributed by atoms with Gasteiger partial charge in [0.1, 0.15) is 6.61 Å². The number of esters is 1. The van der Waals surface area contributed by atoms with Crippen molar-refractivity contribution in [3.63, 3.8) is 0 Å². The van der Waals surface area contributed by atoms with Gasteiger partial charge in [0.2, 0.25) is 0 Å². The van der Waals surface area contributed by atoms with Crippen LogP contribution in [-0.4, -0.2) is 18.6 Å². The molecule has 1 saturated heterocycles. The normalized spacial score (nSPS) is 20.9. The van der Waals surface area contributed by atoms with E-state index < -0.39 is 0 Å². The lowest BCUT2D eigenvalue weighted by atomic mass is 9.96. The highest BCUT2D eigenvalue weighted by atomic mass is 16.5. The molecule has 1 N–H and O–H groups in total. The molecule has 2 aromatic carbocycles. The lowest BCUT2D eigenvalue weighted by Gasteiger charge is -2.22. The molecule has 1 aliphatic rings. The molecule has 3 heteroatoms. The molecule has 0 bridgehead atoms. The number of carbonyl (C=O) groups excluding carboxylic acids is 1. The summed E-state index contributed by atoms with van der Waals surface area (Å²) >= 11 is 0. The largest absolute Gasteiger partial charge is 0.464 e. The minimum absolute atomic E-state index is 0.0363. The number of rotatable bonds is 5. The quantitative estimate of drug-likeness (QED) is 0.675. The predicted molar refractivity (Wildman–Crippen MR) is 95.7 cm³/mol. The number of cyclic esters (lactones) is 1. The van der Waals surface area contributed by atoms with Gasteiger partial charge in [-0.2, -0.15) is 0 Å². The van der Waals surface area contributed by atoms with Gasteiger partial charge in [-0.25, -0.2) is 0 Å². The number of ether oxygens (including phenoxy) is 1. The van der Waals surface area contributed by atoms with Gasteiger partial charge in [0.15, 0.2) is 0 Å². The van der Waals surface area contributed by atoms with Gasteiger partial charge in [0.25, 0.3) is 0 Å². The average molecular weight is 321 g/mol. The van der Waals surface area contributed by atoms with Crippen LogP contribution in [0.1, 0.15) is 29.2 Å². The number of allylic oxidation sites excluding steroid dienone is 1. The molecular weight excluding hydrogens is 298 g/mol. The Morgan fingerprint density at radius 1 is 1.08 bits per heavy atom. The van der Waals surface area contributed by atoms with E-state index in [-0.39, 0.29) is 18.1 Å². The Hall–Kier alpha value is -2.39. The summed E-state index contributed by atoms with van der Waals surface area (Å²) in [6, 6.07) is 18.6. The molecule has 0 aliphatic carbocycles. The zero-order valence-electron chi connectivity index (χ0n) is 13.8. The van der Waals surface area contributed by atoms with E-state index in [2.05, 4.69) is 36.2 Å². The first-order chi connectivity index (χ1) is 11.8. The Morgan fingerprint density at radius 2 is 1.79 bits per heavy atom. The molecule has 0 unspecified atom stereocenters. The van der Waals surface area contributed by atoms with Crippen LogP contribution in [0.5, 0.6) is 0 Å². The highest BCUT2D eigenvalue weighted by molar-refractivity contribution is 5.70. The molecule has 3 rings (SSSR count). The molecule has 0 radical (unpaired) electrons. The second-order valence-corrected chi connectivity index (χ2v) is 6.18. The third-order valence-electron chi connectivity index (χ3n) is 4.41. The van der Waals surface area contributed by atoms with Gasteiger partial charge >= 0.3 is 5.97 Å². The Balaban J connectivity index is 1.78. The molecule has 0 amide bonds. The molecule has 2 aromatic rings. The summed E-state index contributed by atoms with van der Waals surface area (Å²) in [5, 5.41) is 3.61. The van der Waals surface area contributed by atoms with E-state index in [1.54, 1.807) is 0 Å². The Morgan fingerprint density at radius 3 is 2.54 bits per heavy atom. The van der Waals surface area contributed by atoms with E-state index in [9.17, 15) is 4.79 Å². The SMILES string of the molecule is C=CCc1ccccc1C[C@@H]1CC(=O)OC[C@H](c2ccccc2)N1. The van der Waals surface area contributed by atoms with E-state index in [1.807, 2.05) is 36.4 Å². The Kier molecular flexibility index (Phi) is 5.44. The molecule has 1 fully saturated rings. The van der Waals surface area contributed by atoms with Crippen molar-refractivity contribution < 1.29 is 9.53 Å². The topological polar surface area (TPSA) is 38.3 Å². The van der Waals surface area contributed by atoms with Crippen LogP contribution >= 0.6 is 0 Å². The summed E-state index contributed by atoms with van der Waals surface area (Å²) in [5.41, 5.74) is 3.68. The number of benzene rings is 2. The molecule has 1 heterocycles. The minimum atomic E-state index is -0.132. The average Bonchev–Trinajstić information content (AvgIpc) is 2.79. The van der Waals surface area contributed by atoms with Crippen LogP contribution in [0.25, 0.3) is 0 Å². The van der Waals surface area contributed by atoms with E-state index >= 15 is 0 Å². The summed E-state index contributed by atoms with van der Waals surface area (Å²) in [6.07, 6.45) is 3.96. The van der Waals surface area contributed by atoms with E-state index in [1.165, 1.54) is 11.1 Å². The molecule has 0 aromatic heterocycles. The number of carbonyl (C=O) groups is 1. The van der Waals surface area contributed by atoms with E-state index in [0.29, 0.717) is 13.0 Å². The van der Waals surface area contributed by atoms with Crippen LogP contribution in [0.2, 0.25) is 0 Å². The maximum Gasteiger partial charge on any atom is 0.307 e. The van der Waals surface area contributed by atoms with Crippen LogP contribution in [0.4, 0.5) is 0 Å². The van der Waals surface area contributed by atoms with Crippen molar-refractivity contribution in [3.05, 3.63) is 83.9 Å². The van der Waals surface area contributed by atoms with Gasteiger partial charge < -0.3 is 10.1 Å². The second-order valence-electron chi connectivity index (χ2n) is 6.18. The Bertz CT molecular complexity index is 696. The zero-order chi connectivity index (χ0) is 16.8. The van der Waals surface area contributed by atoms with Crippen LogP contribution < -0.4 is 5.32 Å². The first-order valence-electron chi connectivity index (χ1n) is 8.40. The fraction of sp³-hybridized carbons (Fsp3) is 0.286. The van der Waals surface area contributed by atoms with Crippen LogP contribution in [0.3, 0.4) is 0 Å². The fourth-order valence-electron chi connectivity index (χ4n) is 3.21. The maximum atomic E-state index is 12.0. The van der Waals surface area contributed by atoms with Crippen molar-refractivity contribution in [1.82, 2.24) is 5.32 Å². The number of hydrogen-bond donors (Lipinski definition) is 1. The first-order valence-corrected chi connectivity index (χ1v) is 8.40. The second kappa shape index (κ2) is 7.93. The summed E-state index contributed by atoms with van der Waals surface area (Å²) in [6.45, 7) is 4.22. The van der Waals surface area contributed by atoms with Gasteiger partial charge in [-0.15, -0.1) is 6.58 Å². The van der Waals surface area contributed by atoms with Crippen molar-refractivity contribution >= 4 is 5.97 Å². The minimum Gasteiger partial charge on any atom is -0.464 e. The first kappa shape index (κ1) is 16.5. The summed E-state index contributed by atoms with van der Waals surface area (Å²) in [7, 11) is 0. The monoisotopic (exact) mass is 321 g/mol. The van der Waals surface area contributed by atoms with Gasteiger partial charge in [-0.05, 0) is 29.5 Å². The highest BCUT2D eigenvalue weighted by Crippen LogP contribution is 2.21. The van der Waals surface area contributed by atoms with Crippen molar-refractivity contribution in [3.8, 4) is 0 Å². The Labute approximate surface area is 143 Å². The van der Waals surface area contributed by atoms with Crippen LogP contribution in [-0.2, 0) is 22.4 Å². The number of nitrogens with one attached hydrogen (secondary N) is 1. The third kappa shape index (κ3) is 4.12. The van der Waals surface area contributed by atoms with Crippen molar-refractivity contribution in [2.75, 3.05) is 6.61 Å². The van der Waals surface area contributed by atoms with Gasteiger partial charge in [-0.3, -0.25) is 4.79 Å². The highest BCUT2D eigenvalue weighted by Gasteiger charge is 2.26. The molecular formula is C21H23NO2. The molecule has 3 nitrogen and oxygen atoms in total. The third-order valence-corrected chi connectivity index (χ3v) is 4.41. The van der Waals surface area contributed by atoms with Crippen LogP contribution in [0.15, 0.2) is 67.3 Å². The van der Waals surface area contributed by atoms with Crippen molar-refractivity contribution in [1.29, 1.82) is 0 Å². The van der Waals surface area contributed by atoms with E-state index in [0.717, 1.165) is 18.4 Å². The van der Waals surface area contributed by atoms with Crippen molar-refractivity contribution in [2.24, 2.45) is 0 Å². The fourth-order valence-corrected chi connectivity index (χ4v) is 3.21. The molecule has 124 valence electrons. The maximum absolute atomic E-state index is 12.0. The van der Waals surface area contributed by atoms with Gasteiger partial charge in [-0.1, -0.05) is 60.7 Å². The smallest absolute Gasteiger partial charge is 0.307 e. The van der Waals surface area contributed by atoms with Crippen molar-refractivity contribution in [2.45, 2.75) is 31.3 Å². The van der Waals surface area contributed by atoms with E-state index in [4.69, 9.17) is 4.74 Å². The summed E-state index contributed by atoms with van der Waals surface area (Å²) in [4.78, 5) is 12.0. The van der Waals surface area contributed by atoms with Gasteiger partial charge in [0, 0.05) is 6.04 Å². The molecule has 0 spiro atoms. The summed E-state index contributed by atoms with van der Waals surface area (Å²) < 4.78 is 5.40. The standard InChI is InChI=1S/C21H23NO2/c1-2-8-16-9-6-7-12-18(16)13-19-14-21(23)24-15-20(22-19)17-10-4-3-5-11-17/h2-7,9-12,19-20,22H,1,8,13-15H2/t19-,20-/m1/s1. The zero-order valence-corrected chi connectivity index (χ0v) is 13.8. The predicted octanol–water partition coefficient (Wildman–Crippen LogP) is 3.60. The summed E-state index contributed by atoms with van der Waals surface area (Å²) in [5.74, 6) is -0.132. The lowest BCUT2D eigenvalue weighted by Crippen LogP contribution is -2.35. The van der Waals surface area contributed by atoms with Crippen LogP contribution in [0, 0.1) is 0 Å². The van der Waals surface area contributed by atoms with Gasteiger partial charge in [0.05, 0.1) is 12.5 Å². The molecule has 24 heavy (non-hydrogen) atoms.